The van der Waals surface area contributed by atoms with Gasteiger partial charge in [-0.3, -0.25) is 4.57 Å². The van der Waals surface area contributed by atoms with Gasteiger partial charge in [0.15, 0.2) is 17.0 Å². The minimum Gasteiger partial charge on any atom is -0.494 e. The highest BCUT2D eigenvalue weighted by Crippen LogP contribution is 2.30. The molecule has 1 saturated heterocycles. The van der Waals surface area contributed by atoms with E-state index in [9.17, 15) is 5.11 Å². The van der Waals surface area contributed by atoms with Gasteiger partial charge >= 0.3 is 6.01 Å². The minimum atomic E-state index is -0.302. The standard InChI is InChI=1S/C18H21N5O3/c1-2-25-13-8-6-12(7-9-13)20-16-15-17(22-18(24)21-16)23(11-19-15)14-5-3-4-10-26-14/h6-9,11,14H,2-5,10H2,1H3,(H2,20,21,22,24). The van der Waals surface area contributed by atoms with Crippen LogP contribution >= 0.6 is 0 Å². The van der Waals surface area contributed by atoms with Crippen molar-refractivity contribution in [2.45, 2.75) is 32.4 Å². The molecule has 8 heteroatoms. The van der Waals surface area contributed by atoms with E-state index >= 15 is 0 Å². The highest BCUT2D eigenvalue weighted by Gasteiger charge is 2.21. The molecule has 4 rings (SSSR count). The molecule has 2 N–H and O–H groups in total. The molecule has 0 saturated carbocycles. The Morgan fingerprint density at radius 3 is 2.85 bits per heavy atom. The maximum atomic E-state index is 9.98. The number of nitrogens with one attached hydrogen (secondary N) is 1. The van der Waals surface area contributed by atoms with Crippen LogP contribution in [0.5, 0.6) is 11.8 Å². The zero-order chi connectivity index (χ0) is 17.9. The smallest absolute Gasteiger partial charge is 0.318 e. The van der Waals surface area contributed by atoms with Crippen molar-refractivity contribution in [1.29, 1.82) is 0 Å². The number of hydrogen-bond donors (Lipinski definition) is 2. The van der Waals surface area contributed by atoms with E-state index in [1.54, 1.807) is 6.33 Å². The van der Waals surface area contributed by atoms with Gasteiger partial charge in [0.1, 0.15) is 12.0 Å². The zero-order valence-electron chi connectivity index (χ0n) is 14.6. The van der Waals surface area contributed by atoms with Gasteiger partial charge in [-0.1, -0.05) is 0 Å². The second kappa shape index (κ2) is 7.17. The maximum Gasteiger partial charge on any atom is 0.318 e. The van der Waals surface area contributed by atoms with Crippen molar-refractivity contribution in [3.8, 4) is 11.8 Å². The SMILES string of the molecule is CCOc1ccc(Nc2nc(O)nc3c2ncn3C2CCCCO2)cc1. The Kier molecular flexibility index (Phi) is 4.57. The van der Waals surface area contributed by atoms with Gasteiger partial charge in [0.25, 0.3) is 0 Å². The van der Waals surface area contributed by atoms with Crippen LogP contribution in [0.2, 0.25) is 0 Å². The first-order valence-corrected chi connectivity index (χ1v) is 8.79. The lowest BCUT2D eigenvalue weighted by molar-refractivity contribution is -0.0298. The molecule has 2 aromatic heterocycles. The van der Waals surface area contributed by atoms with Gasteiger partial charge in [-0.15, -0.1) is 0 Å². The Bertz CT molecular complexity index is 888. The van der Waals surface area contributed by atoms with Gasteiger partial charge in [-0.2, -0.15) is 9.97 Å². The molecule has 0 aliphatic carbocycles. The summed E-state index contributed by atoms with van der Waals surface area (Å²) in [5, 5.41) is 13.2. The number of aromatic nitrogens is 4. The molecular formula is C18H21N5O3. The summed E-state index contributed by atoms with van der Waals surface area (Å²) >= 11 is 0. The highest BCUT2D eigenvalue weighted by atomic mass is 16.5. The summed E-state index contributed by atoms with van der Waals surface area (Å²) in [5.74, 6) is 1.25. The number of fused-ring (bicyclic) bond motifs is 1. The normalized spacial score (nSPS) is 17.3. The summed E-state index contributed by atoms with van der Waals surface area (Å²) in [4.78, 5) is 12.7. The monoisotopic (exact) mass is 355 g/mol. The lowest BCUT2D eigenvalue weighted by Gasteiger charge is -2.23. The van der Waals surface area contributed by atoms with E-state index in [2.05, 4.69) is 20.3 Å². The topological polar surface area (TPSA) is 94.3 Å². The highest BCUT2D eigenvalue weighted by molar-refractivity contribution is 5.85. The second-order valence-electron chi connectivity index (χ2n) is 6.10. The van der Waals surface area contributed by atoms with Gasteiger partial charge in [0.05, 0.1) is 12.9 Å². The second-order valence-corrected chi connectivity index (χ2v) is 6.10. The van der Waals surface area contributed by atoms with Gasteiger partial charge < -0.3 is 19.9 Å². The largest absolute Gasteiger partial charge is 0.494 e. The van der Waals surface area contributed by atoms with E-state index in [4.69, 9.17) is 9.47 Å². The number of ether oxygens (including phenoxy) is 2. The van der Waals surface area contributed by atoms with E-state index < -0.39 is 0 Å². The fourth-order valence-electron chi connectivity index (χ4n) is 3.08. The average Bonchev–Trinajstić information content (AvgIpc) is 3.08. The number of aromatic hydroxyl groups is 1. The van der Waals surface area contributed by atoms with Crippen molar-refractivity contribution in [2.75, 3.05) is 18.5 Å². The van der Waals surface area contributed by atoms with Crippen molar-refractivity contribution in [3.63, 3.8) is 0 Å². The Morgan fingerprint density at radius 2 is 2.12 bits per heavy atom. The number of hydrogen-bond acceptors (Lipinski definition) is 7. The van der Waals surface area contributed by atoms with Crippen LogP contribution in [-0.2, 0) is 4.74 Å². The first-order chi connectivity index (χ1) is 12.7. The Labute approximate surface area is 150 Å². The lowest BCUT2D eigenvalue weighted by atomic mass is 10.2. The molecule has 0 amide bonds. The van der Waals surface area contributed by atoms with Crippen molar-refractivity contribution in [2.24, 2.45) is 0 Å². The van der Waals surface area contributed by atoms with E-state index in [-0.39, 0.29) is 12.2 Å². The molecule has 1 aliphatic rings. The molecule has 3 heterocycles. The number of imidazole rings is 1. The number of nitrogens with zero attached hydrogens (tertiary/aromatic N) is 4. The van der Waals surface area contributed by atoms with Crippen molar-refractivity contribution in [3.05, 3.63) is 30.6 Å². The quantitative estimate of drug-likeness (QED) is 0.724. The van der Waals surface area contributed by atoms with Crippen LogP contribution < -0.4 is 10.1 Å². The summed E-state index contributed by atoms with van der Waals surface area (Å²) in [5.41, 5.74) is 1.96. The van der Waals surface area contributed by atoms with Crippen LogP contribution in [0.4, 0.5) is 11.5 Å². The molecule has 0 bridgehead atoms. The number of anilines is 2. The van der Waals surface area contributed by atoms with Gasteiger partial charge in [-0.05, 0) is 50.5 Å². The van der Waals surface area contributed by atoms with Crippen LogP contribution in [0.15, 0.2) is 30.6 Å². The fourth-order valence-corrected chi connectivity index (χ4v) is 3.08. The molecule has 1 unspecified atom stereocenters. The Hall–Kier alpha value is -2.87. The van der Waals surface area contributed by atoms with Crippen molar-refractivity contribution >= 4 is 22.7 Å². The number of benzene rings is 1. The first kappa shape index (κ1) is 16.6. The fraction of sp³-hybridized carbons (Fsp3) is 0.389. The minimum absolute atomic E-state index is 0.110. The van der Waals surface area contributed by atoms with Crippen LogP contribution in [0, 0.1) is 0 Å². The number of rotatable bonds is 5. The predicted octanol–water partition coefficient (Wildman–Crippen LogP) is 3.37. The van der Waals surface area contributed by atoms with Crippen LogP contribution in [-0.4, -0.2) is 37.8 Å². The molecule has 1 fully saturated rings. The van der Waals surface area contributed by atoms with Crippen LogP contribution in [0.25, 0.3) is 11.2 Å². The molecule has 1 aromatic carbocycles. The molecule has 136 valence electrons. The maximum absolute atomic E-state index is 9.98. The molecule has 26 heavy (non-hydrogen) atoms. The van der Waals surface area contributed by atoms with E-state index in [0.717, 1.165) is 37.3 Å². The predicted molar refractivity (Wildman–Crippen MR) is 96.7 cm³/mol. The molecular weight excluding hydrogens is 334 g/mol. The van der Waals surface area contributed by atoms with Crippen LogP contribution in [0.3, 0.4) is 0 Å². The van der Waals surface area contributed by atoms with Crippen LogP contribution in [0.1, 0.15) is 32.4 Å². The third-order valence-electron chi connectivity index (χ3n) is 4.30. The molecule has 8 nitrogen and oxygen atoms in total. The molecule has 1 aliphatic heterocycles. The molecule has 0 spiro atoms. The van der Waals surface area contributed by atoms with Gasteiger partial charge in [-0.25, -0.2) is 4.98 Å². The van der Waals surface area contributed by atoms with Gasteiger partial charge in [0.2, 0.25) is 0 Å². The lowest BCUT2D eigenvalue weighted by Crippen LogP contribution is -2.17. The van der Waals surface area contributed by atoms with Crippen molar-refractivity contribution in [1.82, 2.24) is 19.5 Å². The Morgan fingerprint density at radius 1 is 1.27 bits per heavy atom. The summed E-state index contributed by atoms with van der Waals surface area (Å²) in [7, 11) is 0. The zero-order valence-corrected chi connectivity index (χ0v) is 14.6. The third-order valence-corrected chi connectivity index (χ3v) is 4.30. The first-order valence-electron chi connectivity index (χ1n) is 8.79. The van der Waals surface area contributed by atoms with Crippen molar-refractivity contribution < 1.29 is 14.6 Å². The summed E-state index contributed by atoms with van der Waals surface area (Å²) in [6.45, 7) is 3.28. The summed E-state index contributed by atoms with van der Waals surface area (Å²) in [6.07, 6.45) is 4.64. The Balaban J connectivity index is 1.65. The molecule has 0 radical (unpaired) electrons. The molecule has 3 aromatic rings. The van der Waals surface area contributed by atoms with E-state index in [1.165, 1.54) is 0 Å². The van der Waals surface area contributed by atoms with E-state index in [0.29, 0.717) is 23.6 Å². The third kappa shape index (κ3) is 3.28. The van der Waals surface area contributed by atoms with Gasteiger partial charge in [0, 0.05) is 12.3 Å². The summed E-state index contributed by atoms with van der Waals surface area (Å²) < 4.78 is 13.1. The van der Waals surface area contributed by atoms with E-state index in [1.807, 2.05) is 35.8 Å². The summed E-state index contributed by atoms with van der Waals surface area (Å²) in [6, 6.07) is 7.22. The molecule has 1 atom stereocenters. The average molecular weight is 355 g/mol.